The zero-order chi connectivity index (χ0) is 18.8. The number of nitro groups is 1. The third-order valence-corrected chi connectivity index (χ3v) is 4.58. The number of nitro benzene ring substituents is 1. The summed E-state index contributed by atoms with van der Waals surface area (Å²) in [7, 11) is 0. The number of unbranched alkanes of at least 4 members (excludes halogenated alkanes) is 2. The van der Waals surface area contributed by atoms with Gasteiger partial charge >= 0.3 is 0 Å². The average Bonchev–Trinajstić information content (AvgIpc) is 2.60. The highest BCUT2D eigenvalue weighted by Crippen LogP contribution is 2.35. The second-order valence-corrected chi connectivity index (χ2v) is 6.39. The lowest BCUT2D eigenvalue weighted by Crippen LogP contribution is -2.40. The summed E-state index contributed by atoms with van der Waals surface area (Å²) in [4.78, 5) is 48.4. The van der Waals surface area contributed by atoms with Crippen molar-refractivity contribution in [3.8, 4) is 0 Å². The molecular formula is C19H18N2O5. The Bertz CT molecular complexity index is 913. The molecule has 2 amide bonds. The molecule has 0 atom stereocenters. The van der Waals surface area contributed by atoms with E-state index in [1.807, 2.05) is 0 Å². The third kappa shape index (κ3) is 3.08. The zero-order valence-electron chi connectivity index (χ0n) is 14.4. The van der Waals surface area contributed by atoms with Crippen molar-refractivity contribution in [3.63, 3.8) is 0 Å². The minimum absolute atomic E-state index is 0.121. The summed E-state index contributed by atoms with van der Waals surface area (Å²) in [5, 5.41) is 11.9. The molecular weight excluding hydrogens is 336 g/mol. The van der Waals surface area contributed by atoms with Crippen LogP contribution >= 0.6 is 0 Å². The van der Waals surface area contributed by atoms with Gasteiger partial charge in [-0.1, -0.05) is 12.5 Å². The van der Waals surface area contributed by atoms with Gasteiger partial charge in [0.2, 0.25) is 0 Å². The van der Waals surface area contributed by atoms with Gasteiger partial charge in [0.15, 0.2) is 0 Å². The molecule has 134 valence electrons. The van der Waals surface area contributed by atoms with Gasteiger partial charge in [0.05, 0.1) is 10.3 Å². The first kappa shape index (κ1) is 17.7. The number of benzene rings is 2. The molecule has 7 heteroatoms. The van der Waals surface area contributed by atoms with E-state index >= 15 is 0 Å². The predicted molar refractivity (Wildman–Crippen MR) is 95.1 cm³/mol. The largest absolute Gasteiger partial charge is 0.300 e. The topological polar surface area (TPSA) is 97.6 Å². The minimum atomic E-state index is -0.515. The van der Waals surface area contributed by atoms with Crippen molar-refractivity contribution in [1.29, 1.82) is 0 Å². The van der Waals surface area contributed by atoms with Gasteiger partial charge in [-0.25, -0.2) is 0 Å². The Morgan fingerprint density at radius 1 is 1.04 bits per heavy atom. The summed E-state index contributed by atoms with van der Waals surface area (Å²) in [6, 6.07) is 7.46. The number of nitrogens with zero attached hydrogens (tertiary/aromatic N) is 2. The molecule has 1 heterocycles. The van der Waals surface area contributed by atoms with E-state index in [0.717, 1.165) is 12.8 Å². The first-order valence-corrected chi connectivity index (χ1v) is 8.47. The van der Waals surface area contributed by atoms with Crippen LogP contribution in [0.2, 0.25) is 0 Å². The molecule has 2 aromatic rings. The number of Topliss-reactive ketones (excluding diaryl/α,β-unsaturated/α-hetero) is 1. The monoisotopic (exact) mass is 354 g/mol. The number of amides is 2. The van der Waals surface area contributed by atoms with E-state index < -0.39 is 16.7 Å². The van der Waals surface area contributed by atoms with Crippen LogP contribution in [0, 0.1) is 10.1 Å². The molecule has 0 saturated heterocycles. The third-order valence-electron chi connectivity index (χ3n) is 4.58. The molecule has 0 N–H and O–H groups in total. The lowest BCUT2D eigenvalue weighted by atomic mass is 9.93. The normalized spacial score (nSPS) is 13.3. The molecule has 7 nitrogen and oxygen atoms in total. The van der Waals surface area contributed by atoms with Crippen molar-refractivity contribution >= 4 is 34.1 Å². The van der Waals surface area contributed by atoms with E-state index in [1.54, 1.807) is 18.2 Å². The Labute approximate surface area is 149 Å². The number of carbonyl (C=O) groups excluding carboxylic acids is 3. The molecule has 1 aliphatic heterocycles. The molecule has 0 unspecified atom stereocenters. The van der Waals surface area contributed by atoms with Gasteiger partial charge in [-0.15, -0.1) is 0 Å². The standard InChI is InChI=1S/C19H18N2O5/c1-12(22)6-3-2-4-11-20-18(23)14-8-5-7-13-16(21(25)26)10-9-15(17(13)14)19(20)24/h5,7-10H,2-4,6,11H2,1H3. The van der Waals surface area contributed by atoms with Gasteiger partial charge in [-0.05, 0) is 38.0 Å². The van der Waals surface area contributed by atoms with Crippen LogP contribution in [0.5, 0.6) is 0 Å². The number of carbonyl (C=O) groups is 3. The summed E-state index contributed by atoms with van der Waals surface area (Å²) in [5.74, 6) is -0.738. The fourth-order valence-electron chi connectivity index (χ4n) is 3.31. The Morgan fingerprint density at radius 3 is 2.38 bits per heavy atom. The smallest absolute Gasteiger partial charge is 0.277 e. The van der Waals surface area contributed by atoms with Crippen LogP contribution in [0.15, 0.2) is 30.3 Å². The number of ketones is 1. The molecule has 0 aliphatic carbocycles. The highest BCUT2D eigenvalue weighted by molar-refractivity contribution is 6.26. The van der Waals surface area contributed by atoms with Crippen LogP contribution in [0.1, 0.15) is 53.3 Å². The van der Waals surface area contributed by atoms with E-state index in [0.29, 0.717) is 34.7 Å². The molecule has 0 spiro atoms. The molecule has 2 aromatic carbocycles. The molecule has 0 radical (unpaired) electrons. The molecule has 0 bridgehead atoms. The lowest BCUT2D eigenvalue weighted by molar-refractivity contribution is -0.383. The fraction of sp³-hybridized carbons (Fsp3) is 0.316. The Morgan fingerprint density at radius 2 is 1.73 bits per heavy atom. The van der Waals surface area contributed by atoms with Gasteiger partial charge in [0.25, 0.3) is 17.5 Å². The van der Waals surface area contributed by atoms with E-state index in [4.69, 9.17) is 0 Å². The summed E-state index contributed by atoms with van der Waals surface area (Å²) in [6.07, 6.45) is 2.58. The lowest BCUT2D eigenvalue weighted by Gasteiger charge is -2.27. The predicted octanol–water partition coefficient (Wildman–Crippen LogP) is 3.49. The summed E-state index contributed by atoms with van der Waals surface area (Å²) in [5.41, 5.74) is 0.498. The number of imide groups is 1. The van der Waals surface area contributed by atoms with Gasteiger partial charge in [-0.2, -0.15) is 0 Å². The van der Waals surface area contributed by atoms with Crippen LogP contribution in [0.3, 0.4) is 0 Å². The SMILES string of the molecule is CC(=O)CCCCCN1C(=O)c2cccc3c([N+](=O)[O-])ccc(c23)C1=O. The minimum Gasteiger partial charge on any atom is -0.300 e. The Hall–Kier alpha value is -3.09. The molecule has 26 heavy (non-hydrogen) atoms. The highest BCUT2D eigenvalue weighted by atomic mass is 16.6. The number of non-ortho nitro benzene ring substituents is 1. The Kier molecular flexibility index (Phi) is 4.79. The summed E-state index contributed by atoms with van der Waals surface area (Å²) < 4.78 is 0. The van der Waals surface area contributed by atoms with Crippen LogP contribution < -0.4 is 0 Å². The van der Waals surface area contributed by atoms with E-state index in [1.165, 1.54) is 24.0 Å². The quantitative estimate of drug-likeness (QED) is 0.328. The van der Waals surface area contributed by atoms with Gasteiger partial charge in [-0.3, -0.25) is 24.6 Å². The van der Waals surface area contributed by atoms with Crippen LogP contribution in [0.4, 0.5) is 5.69 Å². The fourth-order valence-corrected chi connectivity index (χ4v) is 3.31. The van der Waals surface area contributed by atoms with E-state index in [-0.39, 0.29) is 18.0 Å². The van der Waals surface area contributed by atoms with Crippen molar-refractivity contribution in [2.24, 2.45) is 0 Å². The van der Waals surface area contributed by atoms with Crippen molar-refractivity contribution in [2.45, 2.75) is 32.6 Å². The number of rotatable bonds is 7. The zero-order valence-corrected chi connectivity index (χ0v) is 14.4. The van der Waals surface area contributed by atoms with E-state index in [2.05, 4.69) is 0 Å². The molecule has 1 aliphatic rings. The van der Waals surface area contributed by atoms with Gasteiger partial charge in [0.1, 0.15) is 5.78 Å². The van der Waals surface area contributed by atoms with Gasteiger partial charge in [0, 0.05) is 35.5 Å². The van der Waals surface area contributed by atoms with Crippen molar-refractivity contribution in [1.82, 2.24) is 4.90 Å². The molecule has 0 fully saturated rings. The second kappa shape index (κ2) is 7.03. The molecule has 0 aromatic heterocycles. The first-order chi connectivity index (χ1) is 12.4. The average molecular weight is 354 g/mol. The second-order valence-electron chi connectivity index (χ2n) is 6.39. The molecule has 0 saturated carbocycles. The highest BCUT2D eigenvalue weighted by Gasteiger charge is 2.34. The summed E-state index contributed by atoms with van der Waals surface area (Å²) >= 11 is 0. The van der Waals surface area contributed by atoms with Crippen molar-refractivity contribution in [2.75, 3.05) is 6.54 Å². The molecule has 3 rings (SSSR count). The van der Waals surface area contributed by atoms with Crippen LogP contribution in [0.25, 0.3) is 10.8 Å². The number of hydrogen-bond acceptors (Lipinski definition) is 5. The summed E-state index contributed by atoms with van der Waals surface area (Å²) in [6.45, 7) is 1.80. The maximum Gasteiger partial charge on any atom is 0.277 e. The maximum atomic E-state index is 12.7. The first-order valence-electron chi connectivity index (χ1n) is 8.47. The van der Waals surface area contributed by atoms with Crippen LogP contribution in [-0.4, -0.2) is 34.0 Å². The maximum absolute atomic E-state index is 12.7. The van der Waals surface area contributed by atoms with Crippen molar-refractivity contribution < 1.29 is 19.3 Å². The van der Waals surface area contributed by atoms with Crippen molar-refractivity contribution in [3.05, 3.63) is 51.6 Å². The number of hydrogen-bond donors (Lipinski definition) is 0. The van der Waals surface area contributed by atoms with Crippen LogP contribution in [-0.2, 0) is 4.79 Å². The van der Waals surface area contributed by atoms with Gasteiger partial charge < -0.3 is 4.79 Å². The van der Waals surface area contributed by atoms with E-state index in [9.17, 15) is 24.5 Å². The Balaban J connectivity index is 1.89.